The van der Waals surface area contributed by atoms with Crippen LogP contribution in [0.25, 0.3) is 0 Å². The minimum Gasteiger partial charge on any atom is -0.207 e. The molecule has 0 aromatic heterocycles. The summed E-state index contributed by atoms with van der Waals surface area (Å²) in [6.07, 6.45) is -3.13. The van der Waals surface area contributed by atoms with Crippen LogP contribution in [-0.4, -0.2) is 8.42 Å². The van der Waals surface area contributed by atoms with Gasteiger partial charge in [0.25, 0.3) is 15.5 Å². The van der Waals surface area contributed by atoms with Gasteiger partial charge in [-0.15, -0.1) is 11.6 Å². The molecule has 92 valence electrons. The minimum absolute atomic E-state index is 0.0593. The predicted molar refractivity (Wildman–Crippen MR) is 58.7 cm³/mol. The van der Waals surface area contributed by atoms with Gasteiger partial charge in [0, 0.05) is 16.6 Å². The third-order valence-corrected chi connectivity index (χ3v) is 3.72. The van der Waals surface area contributed by atoms with Gasteiger partial charge in [-0.2, -0.15) is 5.26 Å². The fourth-order valence-electron chi connectivity index (χ4n) is 1.35. The highest BCUT2D eigenvalue weighted by molar-refractivity contribution is 8.13. The van der Waals surface area contributed by atoms with Crippen LogP contribution < -0.4 is 0 Å². The Hall–Kier alpha value is -0.900. The fourth-order valence-corrected chi connectivity index (χ4v) is 3.12. The van der Waals surface area contributed by atoms with Gasteiger partial charge in [0.15, 0.2) is 0 Å². The van der Waals surface area contributed by atoms with Crippen molar-refractivity contribution in [2.75, 3.05) is 0 Å². The van der Waals surface area contributed by atoms with Crippen molar-refractivity contribution in [3.8, 4) is 6.07 Å². The molecule has 0 atom stereocenters. The lowest BCUT2D eigenvalue weighted by atomic mass is 10.1. The van der Waals surface area contributed by atoms with Crippen LogP contribution in [0.1, 0.15) is 23.1 Å². The maximum Gasteiger partial charge on any atom is 0.266 e. The van der Waals surface area contributed by atoms with E-state index in [1.165, 1.54) is 12.1 Å². The summed E-state index contributed by atoms with van der Waals surface area (Å²) in [4.78, 5) is -0.775. The van der Waals surface area contributed by atoms with Crippen molar-refractivity contribution in [3.63, 3.8) is 0 Å². The maximum absolute atomic E-state index is 12.8. The second-order valence-corrected chi connectivity index (χ2v) is 5.77. The molecule has 0 saturated heterocycles. The first-order valence-electron chi connectivity index (χ1n) is 4.17. The van der Waals surface area contributed by atoms with E-state index in [1.54, 1.807) is 0 Å². The van der Waals surface area contributed by atoms with Crippen LogP contribution in [-0.2, 0) is 14.9 Å². The first-order chi connectivity index (χ1) is 7.82. The Morgan fingerprint density at radius 3 is 2.35 bits per heavy atom. The van der Waals surface area contributed by atoms with Gasteiger partial charge in [-0.1, -0.05) is 6.07 Å². The van der Waals surface area contributed by atoms with Crippen LogP contribution in [0, 0.1) is 11.3 Å². The number of hydrogen-bond acceptors (Lipinski definition) is 3. The second-order valence-electron chi connectivity index (χ2n) is 3.00. The van der Waals surface area contributed by atoms with Crippen molar-refractivity contribution in [2.24, 2.45) is 0 Å². The molecule has 8 heteroatoms. The summed E-state index contributed by atoms with van der Waals surface area (Å²) in [5.74, 6) is -0.299. The molecule has 1 aromatic carbocycles. The van der Waals surface area contributed by atoms with E-state index in [-0.39, 0.29) is 11.4 Å². The van der Waals surface area contributed by atoms with E-state index in [2.05, 4.69) is 0 Å². The molecule has 0 aliphatic carbocycles. The quantitative estimate of drug-likeness (QED) is 0.636. The van der Waals surface area contributed by atoms with Crippen LogP contribution in [0.5, 0.6) is 0 Å². The highest BCUT2D eigenvalue weighted by Gasteiger charge is 2.28. The molecule has 0 radical (unpaired) electrons. The number of hydrogen-bond donors (Lipinski definition) is 0. The van der Waals surface area contributed by atoms with Gasteiger partial charge in [-0.05, 0) is 11.6 Å². The molecule has 0 fully saturated rings. The van der Waals surface area contributed by atoms with Crippen molar-refractivity contribution in [3.05, 3.63) is 28.8 Å². The zero-order valence-electron chi connectivity index (χ0n) is 8.12. The molecule has 0 N–H and O–H groups in total. The highest BCUT2D eigenvalue weighted by Crippen LogP contribution is 2.34. The Bertz CT molecular complexity index is 581. The lowest BCUT2D eigenvalue weighted by molar-refractivity contribution is 0.147. The van der Waals surface area contributed by atoms with E-state index in [1.807, 2.05) is 0 Å². The minimum atomic E-state index is -4.40. The van der Waals surface area contributed by atoms with Crippen molar-refractivity contribution < 1.29 is 17.2 Å². The molecule has 0 unspecified atom stereocenters. The summed E-state index contributed by atoms with van der Waals surface area (Å²) in [5.41, 5.74) is -1.40. The fraction of sp³-hybridized carbons (Fsp3) is 0.222. The first-order valence-corrected chi connectivity index (χ1v) is 7.02. The lowest BCUT2D eigenvalue weighted by Gasteiger charge is -2.11. The van der Waals surface area contributed by atoms with Gasteiger partial charge in [0.2, 0.25) is 0 Å². The normalized spacial score (nSPS) is 11.5. The van der Waals surface area contributed by atoms with Gasteiger partial charge in [-0.25, -0.2) is 17.2 Å². The predicted octanol–water partition coefficient (Wildman–Crippen LogP) is 3.16. The van der Waals surface area contributed by atoms with E-state index < -0.39 is 31.5 Å². The molecule has 0 heterocycles. The molecule has 0 spiro atoms. The molecule has 1 aromatic rings. The van der Waals surface area contributed by atoms with Gasteiger partial charge < -0.3 is 0 Å². The van der Waals surface area contributed by atoms with E-state index >= 15 is 0 Å². The lowest BCUT2D eigenvalue weighted by Crippen LogP contribution is -2.05. The van der Waals surface area contributed by atoms with Crippen molar-refractivity contribution in [2.45, 2.75) is 17.2 Å². The number of alkyl halides is 3. The Morgan fingerprint density at radius 1 is 1.41 bits per heavy atom. The van der Waals surface area contributed by atoms with E-state index in [9.17, 15) is 17.2 Å². The summed E-state index contributed by atoms with van der Waals surface area (Å²) in [7, 11) is 0.694. The highest BCUT2D eigenvalue weighted by atomic mass is 35.7. The summed E-state index contributed by atoms with van der Waals surface area (Å²) in [6, 6.07) is 3.77. The van der Waals surface area contributed by atoms with Crippen LogP contribution in [0.3, 0.4) is 0 Å². The monoisotopic (exact) mass is 299 g/mol. The smallest absolute Gasteiger partial charge is 0.207 e. The summed E-state index contributed by atoms with van der Waals surface area (Å²) in [6.45, 7) is 0. The number of halogens is 4. The summed E-state index contributed by atoms with van der Waals surface area (Å²) < 4.78 is 48.1. The topological polar surface area (TPSA) is 57.9 Å². The molecule has 3 nitrogen and oxygen atoms in total. The third kappa shape index (κ3) is 2.86. The SMILES string of the molecule is N#Cc1ccc(CCl)c(S(=O)(=O)Cl)c1C(F)F. The summed E-state index contributed by atoms with van der Waals surface area (Å²) >= 11 is 5.46. The van der Waals surface area contributed by atoms with Gasteiger partial charge in [0.05, 0.1) is 22.1 Å². The molecule has 17 heavy (non-hydrogen) atoms. The molecular formula is C9H5Cl2F2NO2S. The van der Waals surface area contributed by atoms with E-state index in [0.717, 1.165) is 6.07 Å². The van der Waals surface area contributed by atoms with Crippen molar-refractivity contribution in [1.29, 1.82) is 5.26 Å². The molecule has 0 aliphatic heterocycles. The number of nitrogens with zero attached hydrogens (tertiary/aromatic N) is 1. The van der Waals surface area contributed by atoms with Crippen molar-refractivity contribution >= 4 is 31.3 Å². The average molecular weight is 300 g/mol. The van der Waals surface area contributed by atoms with Crippen molar-refractivity contribution in [1.82, 2.24) is 0 Å². The third-order valence-electron chi connectivity index (χ3n) is 2.00. The van der Waals surface area contributed by atoms with Crippen LogP contribution >= 0.6 is 22.3 Å². The molecule has 0 aliphatic rings. The molecule has 0 saturated carbocycles. The molecule has 1 rings (SSSR count). The standard InChI is InChI=1S/C9H5Cl2F2NO2S/c10-3-5-1-2-6(4-14)7(9(12)13)8(5)17(11,15)16/h1-2,9H,3H2. The number of nitriles is 1. The van der Waals surface area contributed by atoms with E-state index in [4.69, 9.17) is 27.5 Å². The maximum atomic E-state index is 12.8. The Morgan fingerprint density at radius 2 is 2.00 bits per heavy atom. The zero-order valence-corrected chi connectivity index (χ0v) is 10.5. The zero-order chi connectivity index (χ0) is 13.2. The first kappa shape index (κ1) is 14.2. The summed E-state index contributed by atoms with van der Waals surface area (Å²) in [5, 5.41) is 8.67. The van der Waals surface area contributed by atoms with Crippen LogP contribution in [0.2, 0.25) is 0 Å². The number of rotatable bonds is 3. The molecular weight excluding hydrogens is 295 g/mol. The van der Waals surface area contributed by atoms with E-state index in [0.29, 0.717) is 0 Å². The average Bonchev–Trinajstić information content (AvgIpc) is 2.25. The van der Waals surface area contributed by atoms with Gasteiger partial charge in [0.1, 0.15) is 0 Å². The van der Waals surface area contributed by atoms with Gasteiger partial charge >= 0.3 is 0 Å². The Kier molecular flexibility index (Phi) is 4.31. The number of benzene rings is 1. The Balaban J connectivity index is 3.80. The van der Waals surface area contributed by atoms with Crippen LogP contribution in [0.15, 0.2) is 17.0 Å². The molecule has 0 bridgehead atoms. The Labute approximate surface area is 106 Å². The largest absolute Gasteiger partial charge is 0.266 e. The molecule has 0 amide bonds. The van der Waals surface area contributed by atoms with Gasteiger partial charge in [-0.3, -0.25) is 0 Å². The van der Waals surface area contributed by atoms with Crippen LogP contribution in [0.4, 0.5) is 8.78 Å². The second kappa shape index (κ2) is 5.17.